The number of nitrogens with zero attached hydrogens (tertiary/aromatic N) is 2. The number of carbonyl (C=O) groups excluding carboxylic acids is 1. The predicted octanol–water partition coefficient (Wildman–Crippen LogP) is 3.36. The van der Waals surface area contributed by atoms with Gasteiger partial charge in [-0.05, 0) is 37.6 Å². The first-order valence-corrected chi connectivity index (χ1v) is 10.6. The number of rotatable bonds is 7. The van der Waals surface area contributed by atoms with E-state index >= 15 is 0 Å². The van der Waals surface area contributed by atoms with E-state index in [2.05, 4.69) is 5.32 Å². The van der Waals surface area contributed by atoms with Gasteiger partial charge in [-0.1, -0.05) is 17.7 Å². The highest BCUT2D eigenvalue weighted by Crippen LogP contribution is 2.33. The Bertz CT molecular complexity index is 1060. The largest absolute Gasteiger partial charge is 0.495 e. The lowest BCUT2D eigenvalue weighted by atomic mass is 10.2. The summed E-state index contributed by atoms with van der Waals surface area (Å²) in [6, 6.07) is 7.31. The van der Waals surface area contributed by atoms with E-state index < -0.39 is 26.9 Å². The number of halogens is 1. The number of nitrogens with one attached hydrogen (secondary N) is 1. The smallest absolute Gasteiger partial charge is 0.271 e. The highest BCUT2D eigenvalue weighted by atomic mass is 35.5. The van der Waals surface area contributed by atoms with Crippen LogP contribution < -0.4 is 14.4 Å². The Morgan fingerprint density at radius 2 is 1.93 bits per heavy atom. The second-order valence-corrected chi connectivity index (χ2v) is 8.59. The zero-order valence-corrected chi connectivity index (χ0v) is 17.7. The molecule has 1 amide bonds. The Morgan fingerprint density at radius 1 is 1.28 bits per heavy atom. The molecular formula is C18H20ClN3O6S. The maximum Gasteiger partial charge on any atom is 0.271 e. The van der Waals surface area contributed by atoms with Crippen LogP contribution in [-0.2, 0) is 14.8 Å². The third kappa shape index (κ3) is 5.15. The molecule has 0 radical (unpaired) electrons. The lowest BCUT2D eigenvalue weighted by Gasteiger charge is -2.29. The van der Waals surface area contributed by atoms with Crippen molar-refractivity contribution in [3.05, 3.63) is 57.1 Å². The van der Waals surface area contributed by atoms with Gasteiger partial charge in [-0.3, -0.25) is 19.2 Å². The summed E-state index contributed by atoms with van der Waals surface area (Å²) in [5, 5.41) is 13.5. The first-order valence-electron chi connectivity index (χ1n) is 8.34. The van der Waals surface area contributed by atoms with Gasteiger partial charge < -0.3 is 10.1 Å². The van der Waals surface area contributed by atoms with Crippen molar-refractivity contribution < 1.29 is 22.9 Å². The molecule has 156 valence electrons. The van der Waals surface area contributed by atoms with Crippen molar-refractivity contribution in [1.82, 2.24) is 0 Å². The van der Waals surface area contributed by atoms with Crippen molar-refractivity contribution in [3.63, 3.8) is 0 Å². The molecule has 0 heterocycles. The van der Waals surface area contributed by atoms with E-state index in [1.807, 2.05) is 0 Å². The summed E-state index contributed by atoms with van der Waals surface area (Å²) in [5.74, 6) is -0.449. The number of nitro groups is 1. The number of aryl methyl sites for hydroxylation is 1. The van der Waals surface area contributed by atoms with Crippen LogP contribution in [-0.4, -0.2) is 38.7 Å². The van der Waals surface area contributed by atoms with Crippen LogP contribution in [0.15, 0.2) is 36.4 Å². The Balaban J connectivity index is 2.45. The number of hydrogen-bond donors (Lipinski definition) is 1. The van der Waals surface area contributed by atoms with E-state index in [9.17, 15) is 23.3 Å². The molecule has 2 aromatic carbocycles. The fourth-order valence-corrected chi connectivity index (χ4v) is 4.05. The molecule has 11 heteroatoms. The zero-order valence-electron chi connectivity index (χ0n) is 16.2. The van der Waals surface area contributed by atoms with Crippen molar-refractivity contribution in [3.8, 4) is 5.75 Å². The highest BCUT2D eigenvalue weighted by Gasteiger charge is 2.32. The molecule has 0 fully saturated rings. The van der Waals surface area contributed by atoms with E-state index in [1.165, 1.54) is 26.2 Å². The first kappa shape index (κ1) is 22.4. The first-order chi connectivity index (χ1) is 13.5. The fourth-order valence-electron chi connectivity index (χ4n) is 2.71. The zero-order chi connectivity index (χ0) is 21.9. The molecule has 2 rings (SSSR count). The summed E-state index contributed by atoms with van der Waals surface area (Å²) in [5.41, 5.74) is 0.701. The lowest BCUT2D eigenvalue weighted by molar-refractivity contribution is -0.384. The molecule has 1 atom stereocenters. The molecule has 0 aliphatic heterocycles. The van der Waals surface area contributed by atoms with Gasteiger partial charge in [0, 0.05) is 12.1 Å². The molecule has 0 aliphatic rings. The monoisotopic (exact) mass is 441 g/mol. The molecule has 0 aromatic heterocycles. The molecule has 0 spiro atoms. The van der Waals surface area contributed by atoms with Crippen molar-refractivity contribution in [2.45, 2.75) is 19.9 Å². The standard InChI is InChI=1S/C18H20ClN3O6S/c1-11-5-8-17(28-3)16(9-11)21(29(4,26)27)12(2)18(23)20-15-10-13(22(24)25)6-7-14(15)19/h5-10,12H,1-4H3,(H,20,23)/t12-/m1/s1. The minimum absolute atomic E-state index is 0.00220. The van der Waals surface area contributed by atoms with Crippen LogP contribution in [0.1, 0.15) is 12.5 Å². The molecular weight excluding hydrogens is 422 g/mol. The summed E-state index contributed by atoms with van der Waals surface area (Å²) >= 11 is 6.02. The summed E-state index contributed by atoms with van der Waals surface area (Å²) < 4.78 is 31.2. The van der Waals surface area contributed by atoms with Crippen molar-refractivity contribution in [1.29, 1.82) is 0 Å². The minimum Gasteiger partial charge on any atom is -0.495 e. The maximum atomic E-state index is 12.8. The number of anilines is 2. The van der Waals surface area contributed by atoms with E-state index in [0.717, 1.165) is 22.2 Å². The highest BCUT2D eigenvalue weighted by molar-refractivity contribution is 7.92. The fraction of sp³-hybridized carbons (Fsp3) is 0.278. The summed E-state index contributed by atoms with van der Waals surface area (Å²) in [7, 11) is -2.49. The molecule has 29 heavy (non-hydrogen) atoms. The number of nitro benzene ring substituents is 1. The van der Waals surface area contributed by atoms with Crippen molar-refractivity contribution in [2.24, 2.45) is 0 Å². The maximum absolute atomic E-state index is 12.8. The third-order valence-corrected chi connectivity index (χ3v) is 5.64. The summed E-state index contributed by atoms with van der Waals surface area (Å²) in [6.07, 6.45) is 0.971. The minimum atomic E-state index is -3.88. The van der Waals surface area contributed by atoms with Gasteiger partial charge >= 0.3 is 0 Å². The van der Waals surface area contributed by atoms with Crippen LogP contribution in [0.4, 0.5) is 17.1 Å². The number of benzene rings is 2. The SMILES string of the molecule is COc1ccc(C)cc1N([C@H](C)C(=O)Nc1cc([N+](=O)[O-])ccc1Cl)S(C)(=O)=O. The Hall–Kier alpha value is -2.85. The lowest BCUT2D eigenvalue weighted by Crippen LogP contribution is -2.45. The van der Waals surface area contributed by atoms with Crippen LogP contribution in [0, 0.1) is 17.0 Å². The van der Waals surface area contributed by atoms with Crippen LogP contribution in [0.25, 0.3) is 0 Å². The average molecular weight is 442 g/mol. The van der Waals surface area contributed by atoms with Crippen LogP contribution in [0.2, 0.25) is 5.02 Å². The van der Waals surface area contributed by atoms with Crippen molar-refractivity contribution >= 4 is 44.6 Å². The molecule has 9 nitrogen and oxygen atoms in total. The normalized spacial score (nSPS) is 12.2. The van der Waals surface area contributed by atoms with E-state index in [0.29, 0.717) is 0 Å². The van der Waals surface area contributed by atoms with Gasteiger partial charge in [-0.25, -0.2) is 8.42 Å². The van der Waals surface area contributed by atoms with Gasteiger partial charge in [0.05, 0.1) is 34.7 Å². The number of sulfonamides is 1. The number of non-ortho nitro benzene ring substituents is 1. The Kier molecular flexibility index (Phi) is 6.70. The molecule has 0 saturated carbocycles. The van der Waals surface area contributed by atoms with Gasteiger partial charge in [0.25, 0.3) is 5.69 Å². The van der Waals surface area contributed by atoms with Crippen LogP contribution in [0.3, 0.4) is 0 Å². The topological polar surface area (TPSA) is 119 Å². The quantitative estimate of drug-likeness (QED) is 0.519. The van der Waals surface area contributed by atoms with E-state index in [-0.39, 0.29) is 27.8 Å². The second-order valence-electron chi connectivity index (χ2n) is 6.32. The predicted molar refractivity (Wildman–Crippen MR) is 111 cm³/mol. The molecule has 2 aromatic rings. The number of methoxy groups -OCH3 is 1. The number of carbonyl (C=O) groups is 1. The van der Waals surface area contributed by atoms with Crippen LogP contribution in [0.5, 0.6) is 5.75 Å². The second kappa shape index (κ2) is 8.66. The molecule has 0 unspecified atom stereocenters. The molecule has 0 bridgehead atoms. The Morgan fingerprint density at radius 3 is 2.48 bits per heavy atom. The van der Waals surface area contributed by atoms with E-state index in [1.54, 1.807) is 25.1 Å². The van der Waals surface area contributed by atoms with Gasteiger partial charge in [-0.15, -0.1) is 0 Å². The summed E-state index contributed by atoms with van der Waals surface area (Å²) in [6.45, 7) is 3.17. The van der Waals surface area contributed by atoms with Gasteiger partial charge in [-0.2, -0.15) is 0 Å². The van der Waals surface area contributed by atoms with Crippen LogP contribution >= 0.6 is 11.6 Å². The third-order valence-electron chi connectivity index (χ3n) is 4.08. The molecule has 0 aliphatic carbocycles. The van der Waals surface area contributed by atoms with Gasteiger partial charge in [0.2, 0.25) is 15.9 Å². The Labute approximate surface area is 173 Å². The van der Waals surface area contributed by atoms with Gasteiger partial charge in [0.1, 0.15) is 11.8 Å². The van der Waals surface area contributed by atoms with Gasteiger partial charge in [0.15, 0.2) is 0 Å². The number of amides is 1. The van der Waals surface area contributed by atoms with E-state index in [4.69, 9.17) is 16.3 Å². The molecule has 0 saturated heterocycles. The average Bonchev–Trinajstić information content (AvgIpc) is 2.62. The summed E-state index contributed by atoms with van der Waals surface area (Å²) in [4.78, 5) is 23.1. The number of ether oxygens (including phenoxy) is 1. The van der Waals surface area contributed by atoms with Crippen molar-refractivity contribution in [2.75, 3.05) is 23.0 Å². The molecule has 1 N–H and O–H groups in total. The number of hydrogen-bond acceptors (Lipinski definition) is 6.